The molecule has 0 atom stereocenters. The Kier molecular flexibility index (Phi) is 4.89. The molecule has 7 heteroatoms. The molecule has 1 aromatic heterocycles. The van der Waals surface area contributed by atoms with Gasteiger partial charge in [-0.2, -0.15) is 0 Å². The Balaban J connectivity index is 1.59. The van der Waals surface area contributed by atoms with Crippen LogP contribution in [0.3, 0.4) is 0 Å². The van der Waals surface area contributed by atoms with Crippen LogP contribution in [0.25, 0.3) is 0 Å². The third-order valence-corrected chi connectivity index (χ3v) is 5.27. The van der Waals surface area contributed by atoms with Crippen molar-refractivity contribution in [3.8, 4) is 0 Å². The average molecular weight is 335 g/mol. The van der Waals surface area contributed by atoms with Crippen LogP contribution in [0, 0.1) is 12.3 Å². The first-order valence-electron chi connectivity index (χ1n) is 8.52. The van der Waals surface area contributed by atoms with Gasteiger partial charge in [-0.05, 0) is 31.6 Å². The first kappa shape index (κ1) is 17.0. The highest BCUT2D eigenvalue weighted by Gasteiger charge is 2.41. The van der Waals surface area contributed by atoms with Gasteiger partial charge < -0.3 is 19.1 Å². The fourth-order valence-electron chi connectivity index (χ4n) is 3.73. The van der Waals surface area contributed by atoms with Crippen LogP contribution in [0.15, 0.2) is 10.6 Å². The second-order valence-electron chi connectivity index (χ2n) is 6.92. The Morgan fingerprint density at radius 2 is 2.12 bits per heavy atom. The first-order valence-corrected chi connectivity index (χ1v) is 8.52. The molecule has 2 amide bonds. The summed E-state index contributed by atoms with van der Waals surface area (Å²) in [6.07, 6.45) is 3.36. The van der Waals surface area contributed by atoms with Gasteiger partial charge in [0.1, 0.15) is 5.76 Å². The Morgan fingerprint density at radius 1 is 1.38 bits per heavy atom. The zero-order chi connectivity index (χ0) is 17.2. The van der Waals surface area contributed by atoms with E-state index in [1.165, 1.54) is 0 Å². The number of hydrogen-bond donors (Lipinski definition) is 0. The van der Waals surface area contributed by atoms with Gasteiger partial charge in [-0.3, -0.25) is 9.59 Å². The predicted octanol–water partition coefficient (Wildman–Crippen LogP) is 1.47. The van der Waals surface area contributed by atoms with E-state index in [0.717, 1.165) is 25.8 Å². The fourth-order valence-corrected chi connectivity index (χ4v) is 3.73. The molecule has 7 nitrogen and oxygen atoms in total. The summed E-state index contributed by atoms with van der Waals surface area (Å²) in [5.41, 5.74) is 0.516. The van der Waals surface area contributed by atoms with Crippen molar-refractivity contribution in [3.63, 3.8) is 0 Å². The van der Waals surface area contributed by atoms with Gasteiger partial charge in [0.05, 0.1) is 6.61 Å². The van der Waals surface area contributed by atoms with Crippen LogP contribution in [0.2, 0.25) is 0 Å². The number of carbonyl (C=O) groups is 2. The molecule has 1 aromatic rings. The van der Waals surface area contributed by atoms with Crippen molar-refractivity contribution in [3.05, 3.63) is 17.5 Å². The molecule has 1 spiro atoms. The Morgan fingerprint density at radius 3 is 2.75 bits per heavy atom. The summed E-state index contributed by atoms with van der Waals surface area (Å²) >= 11 is 0. The molecular weight excluding hydrogens is 310 g/mol. The van der Waals surface area contributed by atoms with E-state index < -0.39 is 0 Å². The van der Waals surface area contributed by atoms with Gasteiger partial charge in [0.2, 0.25) is 5.91 Å². The summed E-state index contributed by atoms with van der Waals surface area (Å²) in [5, 5.41) is 3.82. The number of amides is 2. The number of aryl methyl sites for hydroxylation is 1. The fraction of sp³-hybridized carbons (Fsp3) is 0.706. The summed E-state index contributed by atoms with van der Waals surface area (Å²) < 4.78 is 10.1. The molecule has 3 rings (SSSR count). The maximum atomic E-state index is 12.5. The molecular formula is C17H25N3O4. The molecule has 132 valence electrons. The van der Waals surface area contributed by atoms with Gasteiger partial charge >= 0.3 is 0 Å². The maximum Gasteiger partial charge on any atom is 0.276 e. The molecule has 0 unspecified atom stereocenters. The molecule has 0 saturated carbocycles. The number of methoxy groups -OCH3 is 1. The van der Waals surface area contributed by atoms with Crippen LogP contribution in [0.5, 0.6) is 0 Å². The lowest BCUT2D eigenvalue weighted by atomic mass is 9.72. The number of likely N-dealkylation sites (tertiary alicyclic amines) is 2. The summed E-state index contributed by atoms with van der Waals surface area (Å²) in [5.74, 6) is 0.797. The van der Waals surface area contributed by atoms with E-state index in [9.17, 15) is 9.59 Å². The second kappa shape index (κ2) is 6.93. The number of carbonyl (C=O) groups excluding carboxylic acids is 2. The minimum Gasteiger partial charge on any atom is -0.383 e. The van der Waals surface area contributed by atoms with E-state index in [-0.39, 0.29) is 17.2 Å². The zero-order valence-corrected chi connectivity index (χ0v) is 14.4. The largest absolute Gasteiger partial charge is 0.383 e. The highest BCUT2D eigenvalue weighted by molar-refractivity contribution is 5.92. The van der Waals surface area contributed by atoms with Crippen molar-refractivity contribution < 1.29 is 18.8 Å². The van der Waals surface area contributed by atoms with Gasteiger partial charge in [-0.15, -0.1) is 0 Å². The Hall–Kier alpha value is -1.89. The van der Waals surface area contributed by atoms with Crippen LogP contribution in [0.4, 0.5) is 0 Å². The van der Waals surface area contributed by atoms with Crippen LogP contribution in [-0.4, -0.2) is 66.7 Å². The lowest BCUT2D eigenvalue weighted by molar-refractivity contribution is -0.139. The van der Waals surface area contributed by atoms with Crippen LogP contribution >= 0.6 is 0 Å². The summed E-state index contributed by atoms with van der Waals surface area (Å²) in [4.78, 5) is 28.3. The van der Waals surface area contributed by atoms with E-state index >= 15 is 0 Å². The first-order chi connectivity index (χ1) is 11.5. The van der Waals surface area contributed by atoms with Crippen molar-refractivity contribution in [2.45, 2.75) is 32.6 Å². The topological polar surface area (TPSA) is 75.9 Å². The third kappa shape index (κ3) is 3.45. The number of hydrogen-bond acceptors (Lipinski definition) is 5. The highest BCUT2D eigenvalue weighted by Crippen LogP contribution is 2.40. The van der Waals surface area contributed by atoms with Crippen molar-refractivity contribution in [2.75, 3.05) is 39.9 Å². The molecule has 3 heterocycles. The summed E-state index contributed by atoms with van der Waals surface area (Å²) in [6.45, 7) is 5.19. The second-order valence-corrected chi connectivity index (χ2v) is 6.92. The lowest BCUT2D eigenvalue weighted by Crippen LogP contribution is -2.52. The van der Waals surface area contributed by atoms with Gasteiger partial charge in [0, 0.05) is 45.8 Å². The van der Waals surface area contributed by atoms with Gasteiger partial charge in [0.25, 0.3) is 5.91 Å². The van der Waals surface area contributed by atoms with Crippen LogP contribution < -0.4 is 0 Å². The Bertz CT molecular complexity index is 605. The van der Waals surface area contributed by atoms with Gasteiger partial charge in [0.15, 0.2) is 5.69 Å². The average Bonchev–Trinajstić information content (AvgIpc) is 3.02. The van der Waals surface area contributed by atoms with E-state index in [0.29, 0.717) is 44.1 Å². The number of rotatable bonds is 4. The highest BCUT2D eigenvalue weighted by atomic mass is 16.5. The van der Waals surface area contributed by atoms with E-state index in [4.69, 9.17) is 9.26 Å². The summed E-state index contributed by atoms with van der Waals surface area (Å²) in [6, 6.07) is 1.68. The predicted molar refractivity (Wildman–Crippen MR) is 86.5 cm³/mol. The zero-order valence-electron chi connectivity index (χ0n) is 14.4. The molecule has 2 aliphatic rings. The van der Waals surface area contributed by atoms with Crippen molar-refractivity contribution in [1.82, 2.24) is 15.0 Å². The number of ether oxygens (including phenoxy) is 1. The molecule has 2 saturated heterocycles. The molecule has 0 aromatic carbocycles. The van der Waals surface area contributed by atoms with Gasteiger partial charge in [-0.25, -0.2) is 0 Å². The molecule has 0 bridgehead atoms. The lowest BCUT2D eigenvalue weighted by Gasteiger charge is -2.47. The molecule has 0 N–H and O–H groups in total. The maximum absolute atomic E-state index is 12.5. The minimum absolute atomic E-state index is 0.0650. The quantitative estimate of drug-likeness (QED) is 0.833. The third-order valence-electron chi connectivity index (χ3n) is 5.27. The molecule has 0 aliphatic carbocycles. The van der Waals surface area contributed by atoms with Crippen LogP contribution in [0.1, 0.15) is 41.9 Å². The Labute approximate surface area is 141 Å². The molecule has 2 fully saturated rings. The van der Waals surface area contributed by atoms with E-state index in [1.807, 2.05) is 9.80 Å². The molecule has 24 heavy (non-hydrogen) atoms. The van der Waals surface area contributed by atoms with E-state index in [1.54, 1.807) is 20.1 Å². The van der Waals surface area contributed by atoms with Crippen molar-refractivity contribution in [2.24, 2.45) is 5.41 Å². The SMILES string of the molecule is COCCN1CC2(CCC1=O)CCN(C(=O)c1cc(C)on1)CC2. The standard InChI is InChI=1S/C17H25N3O4/c1-13-11-14(18-24-13)16(22)19-7-5-17(6-8-19)4-3-15(21)20(12-17)9-10-23-2/h11H,3-10,12H2,1-2H3. The monoisotopic (exact) mass is 335 g/mol. The van der Waals surface area contributed by atoms with Crippen molar-refractivity contribution in [1.29, 1.82) is 0 Å². The summed E-state index contributed by atoms with van der Waals surface area (Å²) in [7, 11) is 1.65. The molecule has 0 radical (unpaired) electrons. The van der Waals surface area contributed by atoms with E-state index in [2.05, 4.69) is 5.16 Å². The smallest absolute Gasteiger partial charge is 0.276 e. The van der Waals surface area contributed by atoms with Crippen LogP contribution in [-0.2, 0) is 9.53 Å². The van der Waals surface area contributed by atoms with Gasteiger partial charge in [-0.1, -0.05) is 5.16 Å². The number of aromatic nitrogens is 1. The number of nitrogens with zero attached hydrogens (tertiary/aromatic N) is 3. The number of piperidine rings is 2. The molecule has 2 aliphatic heterocycles. The van der Waals surface area contributed by atoms with Crippen molar-refractivity contribution >= 4 is 11.8 Å². The normalized spacial score (nSPS) is 20.7. The minimum atomic E-state index is -0.0650.